The molecule has 0 radical (unpaired) electrons. The molecule has 4 atom stereocenters. The number of hydrogen-bond donors (Lipinski definition) is 2. The Bertz CT molecular complexity index is 567. The summed E-state index contributed by atoms with van der Waals surface area (Å²) in [5, 5.41) is 21.0. The standard InChI is InChI=1S/C20H24O4S/c21-17-13-25-14-18(22)20(24-12-16-9-5-2-6-10-16)19(17)23-11-15-7-3-1-4-8-15/h1-10,17-22H,11-14H2/t17-,18-,19+,20+/m0/s1. The zero-order valence-corrected chi connectivity index (χ0v) is 14.8. The lowest BCUT2D eigenvalue weighted by atomic mass is 10.0. The molecule has 1 fully saturated rings. The highest BCUT2D eigenvalue weighted by Gasteiger charge is 2.38. The van der Waals surface area contributed by atoms with Gasteiger partial charge in [-0.15, -0.1) is 0 Å². The molecule has 0 aliphatic carbocycles. The Morgan fingerprint density at radius 3 is 1.52 bits per heavy atom. The van der Waals surface area contributed by atoms with E-state index in [1.165, 1.54) is 11.8 Å². The molecule has 134 valence electrons. The van der Waals surface area contributed by atoms with Crippen molar-refractivity contribution in [1.29, 1.82) is 0 Å². The molecule has 0 spiro atoms. The smallest absolute Gasteiger partial charge is 0.113 e. The van der Waals surface area contributed by atoms with Crippen LogP contribution in [-0.2, 0) is 22.7 Å². The second-order valence-corrected chi connectivity index (χ2v) is 7.27. The fraction of sp³-hybridized carbons (Fsp3) is 0.400. The molecule has 0 bridgehead atoms. The first kappa shape index (κ1) is 18.4. The molecule has 1 heterocycles. The third kappa shape index (κ3) is 5.30. The predicted octanol–water partition coefficient (Wildman–Crippen LogP) is 2.63. The SMILES string of the molecule is O[C@H]1CSC[C@H](O)[C@@H](OCc2ccccc2)[C@@H]1OCc1ccccc1. The Hall–Kier alpha value is -1.37. The second kappa shape index (κ2) is 9.36. The van der Waals surface area contributed by atoms with E-state index in [4.69, 9.17) is 9.47 Å². The lowest BCUT2D eigenvalue weighted by Gasteiger charge is -2.31. The lowest BCUT2D eigenvalue weighted by molar-refractivity contribution is -0.155. The summed E-state index contributed by atoms with van der Waals surface area (Å²) >= 11 is 1.52. The quantitative estimate of drug-likeness (QED) is 0.829. The fourth-order valence-electron chi connectivity index (χ4n) is 2.88. The first-order valence-corrected chi connectivity index (χ1v) is 9.64. The second-order valence-electron chi connectivity index (χ2n) is 6.19. The van der Waals surface area contributed by atoms with Crippen molar-refractivity contribution in [2.45, 2.75) is 37.6 Å². The van der Waals surface area contributed by atoms with Crippen LogP contribution in [0.3, 0.4) is 0 Å². The molecule has 3 rings (SSSR count). The largest absolute Gasteiger partial charge is 0.389 e. The van der Waals surface area contributed by atoms with E-state index in [9.17, 15) is 10.2 Å². The van der Waals surface area contributed by atoms with Gasteiger partial charge in [0.05, 0.1) is 25.4 Å². The van der Waals surface area contributed by atoms with Crippen molar-refractivity contribution in [3.8, 4) is 0 Å². The van der Waals surface area contributed by atoms with Crippen molar-refractivity contribution in [3.63, 3.8) is 0 Å². The summed E-state index contributed by atoms with van der Waals surface area (Å²) in [4.78, 5) is 0. The van der Waals surface area contributed by atoms with E-state index < -0.39 is 24.4 Å². The Balaban J connectivity index is 1.67. The molecule has 1 saturated heterocycles. The van der Waals surface area contributed by atoms with Crippen LogP contribution in [0.15, 0.2) is 60.7 Å². The summed E-state index contributed by atoms with van der Waals surface area (Å²) < 4.78 is 12.0. The van der Waals surface area contributed by atoms with Crippen LogP contribution in [0.25, 0.3) is 0 Å². The molecule has 0 aromatic heterocycles. The van der Waals surface area contributed by atoms with Crippen molar-refractivity contribution in [2.75, 3.05) is 11.5 Å². The van der Waals surface area contributed by atoms with Gasteiger partial charge in [-0.1, -0.05) is 60.7 Å². The summed E-state index contributed by atoms with van der Waals surface area (Å²) in [5.41, 5.74) is 2.06. The Morgan fingerprint density at radius 2 is 1.12 bits per heavy atom. The molecule has 1 aliphatic rings. The first-order valence-electron chi connectivity index (χ1n) is 8.49. The van der Waals surface area contributed by atoms with Gasteiger partial charge in [0, 0.05) is 11.5 Å². The molecule has 25 heavy (non-hydrogen) atoms. The number of aliphatic hydroxyl groups is 2. The van der Waals surface area contributed by atoms with Crippen LogP contribution in [-0.4, -0.2) is 46.1 Å². The molecule has 0 amide bonds. The normalized spacial score (nSPS) is 27.0. The molecule has 2 N–H and O–H groups in total. The van der Waals surface area contributed by atoms with E-state index in [-0.39, 0.29) is 0 Å². The fourth-order valence-corrected chi connectivity index (χ4v) is 3.88. The van der Waals surface area contributed by atoms with E-state index in [1.807, 2.05) is 60.7 Å². The van der Waals surface area contributed by atoms with Crippen LogP contribution < -0.4 is 0 Å². The zero-order chi connectivity index (χ0) is 17.5. The van der Waals surface area contributed by atoms with Crippen LogP contribution in [0.1, 0.15) is 11.1 Å². The Kier molecular flexibility index (Phi) is 6.90. The van der Waals surface area contributed by atoms with E-state index >= 15 is 0 Å². The number of rotatable bonds is 6. The van der Waals surface area contributed by atoms with Crippen LogP contribution in [0.5, 0.6) is 0 Å². The molecule has 1 aliphatic heterocycles. The maximum absolute atomic E-state index is 10.5. The third-order valence-electron chi connectivity index (χ3n) is 4.23. The zero-order valence-electron chi connectivity index (χ0n) is 14.0. The van der Waals surface area contributed by atoms with Crippen molar-refractivity contribution in [3.05, 3.63) is 71.8 Å². The van der Waals surface area contributed by atoms with Gasteiger partial charge in [-0.25, -0.2) is 0 Å². The Morgan fingerprint density at radius 1 is 0.720 bits per heavy atom. The molecule has 5 heteroatoms. The molecule has 0 saturated carbocycles. The van der Waals surface area contributed by atoms with Crippen molar-refractivity contribution >= 4 is 11.8 Å². The number of hydrogen-bond acceptors (Lipinski definition) is 5. The van der Waals surface area contributed by atoms with Crippen LogP contribution in [0, 0.1) is 0 Å². The van der Waals surface area contributed by atoms with Gasteiger partial charge in [0.25, 0.3) is 0 Å². The maximum Gasteiger partial charge on any atom is 0.113 e. The van der Waals surface area contributed by atoms with Crippen LogP contribution >= 0.6 is 11.8 Å². The minimum Gasteiger partial charge on any atom is -0.389 e. The van der Waals surface area contributed by atoms with Gasteiger partial charge in [0.2, 0.25) is 0 Å². The van der Waals surface area contributed by atoms with Gasteiger partial charge in [-0.05, 0) is 11.1 Å². The monoisotopic (exact) mass is 360 g/mol. The van der Waals surface area contributed by atoms with Crippen LogP contribution in [0.2, 0.25) is 0 Å². The van der Waals surface area contributed by atoms with E-state index in [0.717, 1.165) is 11.1 Å². The van der Waals surface area contributed by atoms with E-state index in [0.29, 0.717) is 24.7 Å². The Labute approximate surface area is 152 Å². The van der Waals surface area contributed by atoms with Gasteiger partial charge < -0.3 is 19.7 Å². The molecule has 4 nitrogen and oxygen atoms in total. The average molecular weight is 360 g/mol. The number of benzene rings is 2. The highest BCUT2D eigenvalue weighted by atomic mass is 32.2. The summed E-state index contributed by atoms with van der Waals surface area (Å²) in [6.07, 6.45) is -2.47. The summed E-state index contributed by atoms with van der Waals surface area (Å²) in [5.74, 6) is 1.06. The highest BCUT2D eigenvalue weighted by Crippen LogP contribution is 2.25. The van der Waals surface area contributed by atoms with Gasteiger partial charge in [-0.2, -0.15) is 11.8 Å². The molecular weight excluding hydrogens is 336 g/mol. The van der Waals surface area contributed by atoms with Gasteiger partial charge in [0.15, 0.2) is 0 Å². The minimum absolute atomic E-state index is 0.380. The highest BCUT2D eigenvalue weighted by molar-refractivity contribution is 7.99. The number of ether oxygens (including phenoxy) is 2. The van der Waals surface area contributed by atoms with Crippen molar-refractivity contribution < 1.29 is 19.7 Å². The van der Waals surface area contributed by atoms with E-state index in [1.54, 1.807) is 0 Å². The number of thioether (sulfide) groups is 1. The van der Waals surface area contributed by atoms with E-state index in [2.05, 4.69) is 0 Å². The van der Waals surface area contributed by atoms with Crippen LogP contribution in [0.4, 0.5) is 0 Å². The molecule has 2 aromatic rings. The lowest BCUT2D eigenvalue weighted by Crippen LogP contribution is -2.47. The van der Waals surface area contributed by atoms with Gasteiger partial charge in [-0.3, -0.25) is 0 Å². The summed E-state index contributed by atoms with van der Waals surface area (Å²) in [6.45, 7) is 0.760. The molecular formula is C20H24O4S. The molecule has 2 aromatic carbocycles. The summed E-state index contributed by atoms with van der Waals surface area (Å²) in [6, 6.07) is 19.6. The average Bonchev–Trinajstić information content (AvgIpc) is 2.78. The summed E-state index contributed by atoms with van der Waals surface area (Å²) in [7, 11) is 0. The van der Waals surface area contributed by atoms with Crippen molar-refractivity contribution in [1.82, 2.24) is 0 Å². The molecule has 0 unspecified atom stereocenters. The van der Waals surface area contributed by atoms with Crippen molar-refractivity contribution in [2.24, 2.45) is 0 Å². The maximum atomic E-state index is 10.5. The minimum atomic E-state index is -0.674. The number of aliphatic hydroxyl groups excluding tert-OH is 2. The first-order chi connectivity index (χ1) is 12.2. The topological polar surface area (TPSA) is 58.9 Å². The predicted molar refractivity (Wildman–Crippen MR) is 99.4 cm³/mol. The third-order valence-corrected chi connectivity index (χ3v) is 5.38. The van der Waals surface area contributed by atoms with Gasteiger partial charge >= 0.3 is 0 Å². The van der Waals surface area contributed by atoms with Gasteiger partial charge in [0.1, 0.15) is 12.2 Å².